The van der Waals surface area contributed by atoms with Crippen molar-refractivity contribution in [1.82, 2.24) is 29.4 Å². The zero-order valence-electron chi connectivity index (χ0n) is 32.0. The van der Waals surface area contributed by atoms with Crippen molar-refractivity contribution in [2.45, 2.75) is 72.6 Å². The number of rotatable bonds is 8. The lowest BCUT2D eigenvalue weighted by Gasteiger charge is -2.34. The molecular weight excluding hydrogens is 715 g/mol. The number of nitrogens with zero attached hydrogens (tertiary/aromatic N) is 6. The van der Waals surface area contributed by atoms with Crippen molar-refractivity contribution in [2.75, 3.05) is 6.54 Å². The third kappa shape index (κ3) is 9.67. The van der Waals surface area contributed by atoms with E-state index in [0.29, 0.717) is 50.5 Å². The number of aromatic nitrogens is 4. The number of ether oxygens (including phenoxy) is 2. The van der Waals surface area contributed by atoms with Crippen molar-refractivity contribution in [2.24, 2.45) is 0 Å². The van der Waals surface area contributed by atoms with Crippen LogP contribution in [0.2, 0.25) is 0 Å². The number of carbonyl (C=O) groups is 2. The summed E-state index contributed by atoms with van der Waals surface area (Å²) < 4.78 is 41.6. The molecule has 0 aliphatic carbocycles. The summed E-state index contributed by atoms with van der Waals surface area (Å²) in [6.45, 7) is 10.9. The lowest BCUT2D eigenvalue weighted by Crippen LogP contribution is -2.44. The highest BCUT2D eigenvalue weighted by atomic mass is 19.1. The second-order valence-corrected chi connectivity index (χ2v) is 13.4. The lowest BCUT2D eigenvalue weighted by atomic mass is 10.1. The maximum Gasteiger partial charge on any atom is 0.254 e. The molecule has 6 aromatic rings. The molecular formula is C44H46F2N6O4. The Labute approximate surface area is 325 Å². The Kier molecular flexibility index (Phi) is 12.9. The van der Waals surface area contributed by atoms with E-state index in [1.807, 2.05) is 110 Å². The standard InChI is InChI=1S/2C21H20FN3O2.C2H6/c1-15-12-25-19(11-18(23-25)14-27-20-5-3-2-4-6-20)13-24(15)21(26)16-7-9-17(22)10-8-16;1-15-12-24(21(26)16-7-9-17(22)10-8-16)13-19-11-18(23-25(15)19)14-27-20-5-3-2-4-6-20;1-2/h2*2-11,15H,12-14H2,1H3;1-2H3. The van der Waals surface area contributed by atoms with Crippen LogP contribution >= 0.6 is 0 Å². The highest BCUT2D eigenvalue weighted by Gasteiger charge is 2.30. The number of halogens is 2. The highest BCUT2D eigenvalue weighted by molar-refractivity contribution is 5.95. The molecule has 2 amide bonds. The van der Waals surface area contributed by atoms with Crippen LogP contribution in [0.15, 0.2) is 121 Å². The Hall–Kier alpha value is -6.30. The van der Waals surface area contributed by atoms with Gasteiger partial charge in [0.05, 0.1) is 37.1 Å². The number of hydrogen-bond donors (Lipinski definition) is 0. The molecule has 12 heteroatoms. The molecule has 56 heavy (non-hydrogen) atoms. The zero-order chi connectivity index (χ0) is 39.6. The molecule has 0 radical (unpaired) electrons. The van der Waals surface area contributed by atoms with Gasteiger partial charge in [0.2, 0.25) is 0 Å². The smallest absolute Gasteiger partial charge is 0.254 e. The molecule has 8 rings (SSSR count). The fourth-order valence-electron chi connectivity index (χ4n) is 6.57. The van der Waals surface area contributed by atoms with Crippen molar-refractivity contribution in [3.05, 3.63) is 167 Å². The number of amides is 2. The summed E-state index contributed by atoms with van der Waals surface area (Å²) in [5, 5.41) is 9.23. The van der Waals surface area contributed by atoms with Crippen LogP contribution in [0, 0.1) is 11.6 Å². The van der Waals surface area contributed by atoms with Gasteiger partial charge in [-0.05, 0) is 98.8 Å². The van der Waals surface area contributed by atoms with Gasteiger partial charge >= 0.3 is 0 Å². The molecule has 0 N–H and O–H groups in total. The van der Waals surface area contributed by atoms with Gasteiger partial charge in [-0.2, -0.15) is 10.2 Å². The molecule has 0 saturated heterocycles. The first-order valence-electron chi connectivity index (χ1n) is 18.8. The summed E-state index contributed by atoms with van der Waals surface area (Å²) in [5.74, 6) is 0.696. The van der Waals surface area contributed by atoms with E-state index in [1.165, 1.54) is 48.5 Å². The second-order valence-electron chi connectivity index (χ2n) is 13.4. The number of fused-ring (bicyclic) bond motifs is 2. The second kappa shape index (κ2) is 18.4. The minimum Gasteiger partial charge on any atom is -0.487 e. The first-order valence-corrected chi connectivity index (χ1v) is 18.8. The van der Waals surface area contributed by atoms with Gasteiger partial charge in [0.25, 0.3) is 11.8 Å². The lowest BCUT2D eigenvalue weighted by molar-refractivity contribution is 0.0606. The van der Waals surface area contributed by atoms with E-state index in [1.54, 1.807) is 9.80 Å². The Morgan fingerprint density at radius 2 is 1.12 bits per heavy atom. The normalized spacial score (nSPS) is 15.6. The predicted octanol–water partition coefficient (Wildman–Crippen LogP) is 8.49. The van der Waals surface area contributed by atoms with Gasteiger partial charge in [0.1, 0.15) is 47.7 Å². The van der Waals surface area contributed by atoms with E-state index < -0.39 is 0 Å². The third-order valence-electron chi connectivity index (χ3n) is 9.32. The van der Waals surface area contributed by atoms with Crippen LogP contribution < -0.4 is 9.47 Å². The molecule has 4 aromatic carbocycles. The molecule has 10 nitrogen and oxygen atoms in total. The zero-order valence-corrected chi connectivity index (χ0v) is 32.0. The largest absolute Gasteiger partial charge is 0.487 e. The minimum atomic E-state index is -0.348. The quantitative estimate of drug-likeness (QED) is 0.155. The van der Waals surface area contributed by atoms with Gasteiger partial charge < -0.3 is 19.3 Å². The SMILES string of the molecule is CC.CC1CN(C(=O)c2ccc(F)cc2)Cc2cc(COc3ccccc3)nn21.CC1Cn2nc(COc3ccccc3)cc2CN1C(=O)c1ccc(F)cc1. The fourth-order valence-corrected chi connectivity index (χ4v) is 6.57. The first kappa shape index (κ1) is 39.4. The summed E-state index contributed by atoms with van der Waals surface area (Å²) in [5.41, 5.74) is 4.58. The average Bonchev–Trinajstić information content (AvgIpc) is 3.84. The Bertz CT molecular complexity index is 2190. The van der Waals surface area contributed by atoms with Gasteiger partial charge in [-0.3, -0.25) is 19.0 Å². The maximum absolute atomic E-state index is 13.1. The first-order chi connectivity index (χ1) is 27.2. The minimum absolute atomic E-state index is 0.00200. The van der Waals surface area contributed by atoms with Crippen molar-refractivity contribution >= 4 is 11.8 Å². The summed E-state index contributed by atoms with van der Waals surface area (Å²) >= 11 is 0. The van der Waals surface area contributed by atoms with E-state index >= 15 is 0 Å². The Balaban J connectivity index is 0.000000182. The van der Waals surface area contributed by atoms with Crippen molar-refractivity contribution in [1.29, 1.82) is 0 Å². The number of hydrogen-bond acceptors (Lipinski definition) is 6. The van der Waals surface area contributed by atoms with Crippen LogP contribution in [0.3, 0.4) is 0 Å². The average molecular weight is 761 g/mol. The van der Waals surface area contributed by atoms with E-state index in [9.17, 15) is 18.4 Å². The number of carbonyl (C=O) groups excluding carboxylic acids is 2. The van der Waals surface area contributed by atoms with E-state index in [-0.39, 0.29) is 35.5 Å². The van der Waals surface area contributed by atoms with Crippen molar-refractivity contribution < 1.29 is 27.8 Å². The molecule has 2 atom stereocenters. The molecule has 0 bridgehead atoms. The number of benzene rings is 4. The third-order valence-corrected chi connectivity index (χ3v) is 9.32. The summed E-state index contributed by atoms with van der Waals surface area (Å²) in [6.07, 6.45) is 0. The van der Waals surface area contributed by atoms with Gasteiger partial charge in [-0.25, -0.2) is 8.78 Å². The molecule has 290 valence electrons. The summed E-state index contributed by atoms with van der Waals surface area (Å²) in [7, 11) is 0. The van der Waals surface area contributed by atoms with Gasteiger partial charge in [0, 0.05) is 23.7 Å². The molecule has 2 aliphatic heterocycles. The molecule has 2 unspecified atom stereocenters. The van der Waals surface area contributed by atoms with Gasteiger partial charge in [0.15, 0.2) is 0 Å². The molecule has 2 aliphatic rings. The van der Waals surface area contributed by atoms with Crippen LogP contribution in [0.25, 0.3) is 0 Å². The molecule has 2 aromatic heterocycles. The summed E-state index contributed by atoms with van der Waals surface area (Å²) in [4.78, 5) is 29.1. The van der Waals surface area contributed by atoms with Crippen LogP contribution in [0.4, 0.5) is 8.78 Å². The van der Waals surface area contributed by atoms with E-state index in [2.05, 4.69) is 10.2 Å². The Morgan fingerprint density at radius 1 is 0.625 bits per heavy atom. The van der Waals surface area contributed by atoms with Crippen LogP contribution in [-0.4, -0.2) is 53.8 Å². The van der Waals surface area contributed by atoms with Gasteiger partial charge in [-0.15, -0.1) is 0 Å². The maximum atomic E-state index is 13.1. The summed E-state index contributed by atoms with van der Waals surface area (Å²) in [6, 6.07) is 34.5. The van der Waals surface area contributed by atoms with Crippen molar-refractivity contribution in [3.63, 3.8) is 0 Å². The van der Waals surface area contributed by atoms with Crippen LogP contribution in [-0.2, 0) is 32.8 Å². The monoisotopic (exact) mass is 760 g/mol. The molecule has 4 heterocycles. The Morgan fingerprint density at radius 3 is 1.68 bits per heavy atom. The highest BCUT2D eigenvalue weighted by Crippen LogP contribution is 2.25. The van der Waals surface area contributed by atoms with Crippen molar-refractivity contribution in [3.8, 4) is 11.5 Å². The van der Waals surface area contributed by atoms with E-state index in [4.69, 9.17) is 9.47 Å². The van der Waals surface area contributed by atoms with Crippen LogP contribution in [0.1, 0.15) is 77.2 Å². The molecule has 0 spiro atoms. The van der Waals surface area contributed by atoms with Crippen LogP contribution in [0.5, 0.6) is 11.5 Å². The van der Waals surface area contributed by atoms with E-state index in [0.717, 1.165) is 34.3 Å². The topological polar surface area (TPSA) is 94.7 Å². The van der Waals surface area contributed by atoms with Gasteiger partial charge in [-0.1, -0.05) is 50.2 Å². The molecule has 0 saturated carbocycles. The molecule has 0 fully saturated rings. The fraction of sp³-hybridized carbons (Fsp3) is 0.273. The predicted molar refractivity (Wildman–Crippen MR) is 209 cm³/mol. The number of para-hydroxylation sites is 2.